The fourth-order valence-corrected chi connectivity index (χ4v) is 6.72. The Morgan fingerprint density at radius 1 is 1.02 bits per heavy atom. The van der Waals surface area contributed by atoms with E-state index >= 15 is 0 Å². The average Bonchev–Trinajstić information content (AvgIpc) is 3.48. The van der Waals surface area contributed by atoms with E-state index in [1.807, 2.05) is 4.72 Å². The molecule has 0 aliphatic heterocycles. The Bertz CT molecular complexity index is 1450. The quantitative estimate of drug-likeness (QED) is 0.0832. The largest absolute Gasteiger partial charge is 0.467 e. The zero-order valence-corrected chi connectivity index (χ0v) is 28.9. The Kier molecular flexibility index (Phi) is 13.4. The first-order valence-corrected chi connectivity index (χ1v) is 17.7. The molecule has 48 heavy (non-hydrogen) atoms. The Hall–Kier alpha value is -4.14. The summed E-state index contributed by atoms with van der Waals surface area (Å²) < 4.78 is 44.1. The van der Waals surface area contributed by atoms with E-state index in [0.29, 0.717) is 32.1 Å². The molecule has 1 aromatic rings. The zero-order valence-electron chi connectivity index (χ0n) is 28.1. The molecule has 0 aromatic heterocycles. The molecule has 3 rings (SSSR count). The summed E-state index contributed by atoms with van der Waals surface area (Å²) in [6.45, 7) is 8.64. The molecule has 2 saturated carbocycles. The number of amides is 4. The van der Waals surface area contributed by atoms with Crippen molar-refractivity contribution in [1.29, 1.82) is 0 Å². The van der Waals surface area contributed by atoms with E-state index in [-0.39, 0.29) is 29.5 Å². The van der Waals surface area contributed by atoms with Crippen molar-refractivity contribution in [3.63, 3.8) is 0 Å². The molecule has 2 aliphatic carbocycles. The van der Waals surface area contributed by atoms with Crippen molar-refractivity contribution < 1.29 is 46.6 Å². The molecule has 2 fully saturated rings. The second-order valence-corrected chi connectivity index (χ2v) is 14.8. The van der Waals surface area contributed by atoms with Crippen LogP contribution < -0.4 is 20.7 Å². The molecule has 0 radical (unpaired) electrons. The highest BCUT2D eigenvalue weighted by molar-refractivity contribution is 7.90. The number of methoxy groups -OCH3 is 1. The minimum absolute atomic E-state index is 0.00972. The molecule has 1 aromatic carbocycles. The van der Waals surface area contributed by atoms with Crippen molar-refractivity contribution in [2.24, 2.45) is 5.92 Å². The summed E-state index contributed by atoms with van der Waals surface area (Å²) in [5.74, 6) is -2.44. The molecule has 266 valence electrons. The van der Waals surface area contributed by atoms with Gasteiger partial charge >= 0.3 is 18.2 Å². The summed E-state index contributed by atoms with van der Waals surface area (Å²) in [6.07, 6.45) is 6.42. The van der Waals surface area contributed by atoms with Gasteiger partial charge in [0.15, 0.2) is 0 Å². The third-order valence-corrected chi connectivity index (χ3v) is 9.50. The number of unbranched alkanes of at least 4 members (excludes halogenated alkanes) is 3. The van der Waals surface area contributed by atoms with Crippen molar-refractivity contribution >= 4 is 45.7 Å². The number of hydrogen-bond acceptors (Lipinski definition) is 10. The van der Waals surface area contributed by atoms with Gasteiger partial charge in [-0.1, -0.05) is 37.5 Å². The smallest absolute Gasteiger partial charge is 0.408 e. The number of ether oxygens (including phenoxy) is 3. The van der Waals surface area contributed by atoms with Crippen molar-refractivity contribution in [3.8, 4) is 0 Å². The van der Waals surface area contributed by atoms with Gasteiger partial charge in [-0.05, 0) is 77.8 Å². The molecule has 4 N–H and O–H groups in total. The fraction of sp³-hybridized carbons (Fsp3) is 0.606. The van der Waals surface area contributed by atoms with Crippen molar-refractivity contribution in [2.75, 3.05) is 12.4 Å². The summed E-state index contributed by atoms with van der Waals surface area (Å²) in [5, 5.41) is 7.69. The summed E-state index contributed by atoms with van der Waals surface area (Å²) in [5.41, 5.74) is -2.38. The minimum atomic E-state index is -4.46. The molecule has 3 atom stereocenters. The highest BCUT2D eigenvalue weighted by atomic mass is 32.2. The molecule has 4 amide bonds. The van der Waals surface area contributed by atoms with E-state index in [1.54, 1.807) is 26.8 Å². The third kappa shape index (κ3) is 11.2. The van der Waals surface area contributed by atoms with Crippen LogP contribution in [0.5, 0.6) is 0 Å². The second-order valence-electron chi connectivity index (χ2n) is 13.1. The normalized spacial score (nSPS) is 19.7. The average molecular weight is 693 g/mol. The van der Waals surface area contributed by atoms with Crippen LogP contribution in [0.25, 0.3) is 0 Å². The van der Waals surface area contributed by atoms with Crippen LogP contribution in [0.15, 0.2) is 41.8 Å². The molecule has 15 heteroatoms. The number of sulfonamides is 1. The van der Waals surface area contributed by atoms with E-state index in [2.05, 4.69) is 22.5 Å². The van der Waals surface area contributed by atoms with Crippen LogP contribution in [0, 0.1) is 5.92 Å². The second kappa shape index (κ2) is 16.8. The fourth-order valence-electron chi connectivity index (χ4n) is 5.52. The predicted molar refractivity (Wildman–Crippen MR) is 176 cm³/mol. The van der Waals surface area contributed by atoms with Gasteiger partial charge in [-0.2, -0.15) is 0 Å². The predicted octanol–water partition coefficient (Wildman–Crippen LogP) is 4.45. The number of benzene rings is 1. The summed E-state index contributed by atoms with van der Waals surface area (Å²) >= 11 is 0. The Morgan fingerprint density at radius 3 is 2.31 bits per heavy atom. The first-order chi connectivity index (χ1) is 22.6. The molecule has 0 heterocycles. The van der Waals surface area contributed by atoms with Crippen molar-refractivity contribution in [2.45, 2.75) is 120 Å². The van der Waals surface area contributed by atoms with Gasteiger partial charge in [-0.15, -0.1) is 6.58 Å². The SMILES string of the molecule is C=C[C@@H]1C[C@]1(NC(=O)OC(C)(C)C)C(=O)NS(=O)(=O)c1ccccc1NC(=O)CCCCCC[C@H](NC(=O)OC1CCCC1)C(=O)OC. The molecular formula is C33H48N4O10S. The standard InChI is InChI=1S/C33H48N4O10S/c1-6-22-21-33(22,36-31(42)47-32(2,3)4)29(40)37-48(43,44)26-19-14-13-17-24(26)34-27(38)20-10-8-7-9-18-25(28(39)45-5)35-30(41)46-23-15-11-12-16-23/h6,13-14,17,19,22-23,25H,1,7-12,15-16,18,20-21H2,2-5H3,(H,34,38)(H,35,41)(H,36,42)(H,37,40)/t22-,25+,33-/m1/s1. The third-order valence-electron chi connectivity index (χ3n) is 8.11. The Labute approximate surface area is 282 Å². The van der Waals surface area contributed by atoms with Crippen LogP contribution in [0.3, 0.4) is 0 Å². The van der Waals surface area contributed by atoms with E-state index in [0.717, 1.165) is 25.7 Å². The van der Waals surface area contributed by atoms with Gasteiger partial charge in [0.2, 0.25) is 5.91 Å². The number of anilines is 1. The first kappa shape index (κ1) is 38.3. The van der Waals surface area contributed by atoms with Gasteiger partial charge < -0.3 is 30.2 Å². The maximum Gasteiger partial charge on any atom is 0.408 e. The van der Waals surface area contributed by atoms with Crippen LogP contribution in [-0.4, -0.2) is 68.8 Å². The number of rotatable bonds is 16. The van der Waals surface area contributed by atoms with Crippen LogP contribution in [0.4, 0.5) is 15.3 Å². The van der Waals surface area contributed by atoms with Crippen molar-refractivity contribution in [3.05, 3.63) is 36.9 Å². The molecule has 0 unspecified atom stereocenters. The highest BCUT2D eigenvalue weighted by Crippen LogP contribution is 2.45. The number of para-hydroxylation sites is 1. The molecular weight excluding hydrogens is 644 g/mol. The van der Waals surface area contributed by atoms with Crippen LogP contribution in [0.1, 0.15) is 91.4 Å². The summed E-state index contributed by atoms with van der Waals surface area (Å²) in [7, 11) is -3.21. The van der Waals surface area contributed by atoms with Gasteiger partial charge in [0, 0.05) is 12.3 Å². The topological polar surface area (TPSA) is 195 Å². The number of carbonyl (C=O) groups excluding carboxylic acids is 5. The van der Waals surface area contributed by atoms with Gasteiger partial charge in [-0.25, -0.2) is 27.5 Å². The van der Waals surface area contributed by atoms with Gasteiger partial charge in [0.25, 0.3) is 15.9 Å². The zero-order chi connectivity index (χ0) is 35.5. The maximum atomic E-state index is 13.3. The van der Waals surface area contributed by atoms with Gasteiger partial charge in [0.1, 0.15) is 28.2 Å². The maximum absolute atomic E-state index is 13.3. The number of esters is 1. The number of nitrogens with one attached hydrogen (secondary N) is 4. The monoisotopic (exact) mass is 692 g/mol. The summed E-state index contributed by atoms with van der Waals surface area (Å²) in [6, 6.07) is 4.83. The van der Waals surface area contributed by atoms with Crippen molar-refractivity contribution in [1.82, 2.24) is 15.4 Å². The summed E-state index contributed by atoms with van der Waals surface area (Å²) in [4.78, 5) is 62.4. The van der Waals surface area contributed by atoms with E-state index < -0.39 is 63.1 Å². The van der Waals surface area contributed by atoms with E-state index in [9.17, 15) is 32.4 Å². The molecule has 0 bridgehead atoms. The number of alkyl carbamates (subject to hydrolysis) is 2. The van der Waals surface area contributed by atoms with E-state index in [4.69, 9.17) is 14.2 Å². The molecule has 14 nitrogen and oxygen atoms in total. The lowest BCUT2D eigenvalue weighted by Crippen LogP contribution is -2.52. The number of hydrogen-bond donors (Lipinski definition) is 4. The highest BCUT2D eigenvalue weighted by Gasteiger charge is 2.61. The first-order valence-electron chi connectivity index (χ1n) is 16.2. The van der Waals surface area contributed by atoms with Gasteiger partial charge in [0.05, 0.1) is 12.8 Å². The Balaban J connectivity index is 1.49. The molecule has 0 saturated heterocycles. The number of carbonyl (C=O) groups is 5. The van der Waals surface area contributed by atoms with Crippen LogP contribution >= 0.6 is 0 Å². The Morgan fingerprint density at radius 2 is 1.69 bits per heavy atom. The lowest BCUT2D eigenvalue weighted by molar-refractivity contribution is -0.143. The van der Waals surface area contributed by atoms with E-state index in [1.165, 1.54) is 31.4 Å². The minimum Gasteiger partial charge on any atom is -0.467 e. The van der Waals surface area contributed by atoms with Crippen LogP contribution in [0.2, 0.25) is 0 Å². The molecule has 2 aliphatic rings. The lowest BCUT2D eigenvalue weighted by atomic mass is 10.1. The van der Waals surface area contributed by atoms with Gasteiger partial charge in [-0.3, -0.25) is 9.59 Å². The molecule has 0 spiro atoms. The lowest BCUT2D eigenvalue weighted by Gasteiger charge is -2.23. The van der Waals surface area contributed by atoms with Crippen LogP contribution in [-0.2, 0) is 38.6 Å².